The van der Waals surface area contributed by atoms with Crippen molar-refractivity contribution in [2.24, 2.45) is 5.92 Å². The summed E-state index contributed by atoms with van der Waals surface area (Å²) in [6.07, 6.45) is 0.953. The molecule has 8 heteroatoms. The van der Waals surface area contributed by atoms with Gasteiger partial charge in [0.25, 0.3) is 0 Å². The molecular weight excluding hydrogens is 250 g/mol. The summed E-state index contributed by atoms with van der Waals surface area (Å²) < 4.78 is 1.62. The van der Waals surface area contributed by atoms with E-state index in [1.165, 1.54) is 11.3 Å². The number of hydrogen-bond donors (Lipinski definition) is 2. The van der Waals surface area contributed by atoms with E-state index in [1.54, 1.807) is 4.52 Å². The molecule has 0 saturated carbocycles. The number of nitrogens with one attached hydrogen (secondary N) is 1. The number of nitrogens with two attached hydrogens (primary N) is 1. The van der Waals surface area contributed by atoms with Crippen LogP contribution in [0.4, 0.5) is 5.13 Å². The first-order valence-electron chi connectivity index (χ1n) is 5.66. The summed E-state index contributed by atoms with van der Waals surface area (Å²) in [5.74, 6) is 1.19. The maximum absolute atomic E-state index is 5.64. The van der Waals surface area contributed by atoms with E-state index in [2.05, 4.69) is 39.3 Å². The highest BCUT2D eigenvalue weighted by molar-refractivity contribution is 7.20. The maximum atomic E-state index is 5.64. The van der Waals surface area contributed by atoms with Crippen molar-refractivity contribution in [2.45, 2.75) is 20.3 Å². The van der Waals surface area contributed by atoms with E-state index in [9.17, 15) is 0 Å². The number of nitrogens with zero attached hydrogens (tertiary/aromatic N) is 5. The van der Waals surface area contributed by atoms with Crippen LogP contribution in [0, 0.1) is 5.92 Å². The van der Waals surface area contributed by atoms with Gasteiger partial charge in [0.1, 0.15) is 5.69 Å². The molecule has 18 heavy (non-hydrogen) atoms. The summed E-state index contributed by atoms with van der Waals surface area (Å²) in [6, 6.07) is 1.98. The van der Waals surface area contributed by atoms with Crippen LogP contribution >= 0.6 is 11.3 Å². The van der Waals surface area contributed by atoms with E-state index in [4.69, 9.17) is 5.73 Å². The Labute approximate surface area is 107 Å². The van der Waals surface area contributed by atoms with E-state index in [-0.39, 0.29) is 0 Å². The highest BCUT2D eigenvalue weighted by Gasteiger charge is 2.15. The van der Waals surface area contributed by atoms with Crippen LogP contribution in [0.25, 0.3) is 16.5 Å². The standard InChI is InChI=1S/C10H13N7S/c1-5(2)3-6-4-7(13-12-6)8-14-15-10-17(8)16-9(11)18-10/h4-5H,3H2,1-2H3,(H2,11,16)(H,12,13). The quantitative estimate of drug-likeness (QED) is 0.743. The fraction of sp³-hybridized carbons (Fsp3) is 0.400. The molecule has 0 bridgehead atoms. The minimum absolute atomic E-state index is 0.471. The number of nitrogen functional groups attached to an aromatic ring is 1. The zero-order chi connectivity index (χ0) is 12.7. The lowest BCUT2D eigenvalue weighted by molar-refractivity contribution is 0.633. The first kappa shape index (κ1) is 11.1. The molecule has 0 atom stereocenters. The Morgan fingerprint density at radius 3 is 3.06 bits per heavy atom. The number of rotatable bonds is 3. The van der Waals surface area contributed by atoms with Gasteiger partial charge < -0.3 is 5.73 Å². The molecule has 0 radical (unpaired) electrons. The maximum Gasteiger partial charge on any atom is 0.236 e. The van der Waals surface area contributed by atoms with Gasteiger partial charge in [-0.05, 0) is 18.4 Å². The molecule has 0 amide bonds. The van der Waals surface area contributed by atoms with Gasteiger partial charge >= 0.3 is 0 Å². The number of anilines is 1. The number of H-pyrrole nitrogens is 1. The zero-order valence-electron chi connectivity index (χ0n) is 10.1. The van der Waals surface area contributed by atoms with Crippen LogP contribution in [0.15, 0.2) is 6.07 Å². The molecule has 0 fully saturated rings. The molecule has 0 aromatic carbocycles. The van der Waals surface area contributed by atoms with Gasteiger partial charge in [0, 0.05) is 5.69 Å². The van der Waals surface area contributed by atoms with Gasteiger partial charge in [-0.2, -0.15) is 9.61 Å². The van der Waals surface area contributed by atoms with Gasteiger partial charge in [0.15, 0.2) is 0 Å². The van der Waals surface area contributed by atoms with Crippen molar-refractivity contribution in [1.82, 2.24) is 30.0 Å². The Balaban J connectivity index is 2.00. The minimum atomic E-state index is 0.471. The molecule has 3 aromatic rings. The normalized spacial score (nSPS) is 11.7. The summed E-state index contributed by atoms with van der Waals surface area (Å²) in [5, 5.41) is 20.0. The van der Waals surface area contributed by atoms with E-state index in [0.29, 0.717) is 21.8 Å². The predicted octanol–water partition coefficient (Wildman–Crippen LogP) is 1.36. The lowest BCUT2D eigenvalue weighted by Gasteiger charge is -1.98. The van der Waals surface area contributed by atoms with Crippen LogP contribution in [-0.2, 0) is 6.42 Å². The number of aromatic nitrogens is 6. The fourth-order valence-electron chi connectivity index (χ4n) is 1.81. The zero-order valence-corrected chi connectivity index (χ0v) is 10.9. The van der Waals surface area contributed by atoms with Crippen LogP contribution < -0.4 is 5.73 Å². The van der Waals surface area contributed by atoms with Gasteiger partial charge in [-0.25, -0.2) is 0 Å². The first-order valence-corrected chi connectivity index (χ1v) is 6.47. The molecule has 3 rings (SSSR count). The van der Waals surface area contributed by atoms with Crippen molar-refractivity contribution in [3.63, 3.8) is 0 Å². The Hall–Kier alpha value is -1.96. The number of fused-ring (bicyclic) bond motifs is 1. The van der Waals surface area contributed by atoms with Crippen molar-refractivity contribution >= 4 is 21.4 Å². The Morgan fingerprint density at radius 1 is 1.44 bits per heavy atom. The van der Waals surface area contributed by atoms with Gasteiger partial charge in [-0.1, -0.05) is 25.2 Å². The topological polar surface area (TPSA) is 97.8 Å². The van der Waals surface area contributed by atoms with Crippen molar-refractivity contribution in [1.29, 1.82) is 0 Å². The minimum Gasteiger partial charge on any atom is -0.374 e. The fourth-order valence-corrected chi connectivity index (χ4v) is 2.42. The van der Waals surface area contributed by atoms with Crippen LogP contribution in [0.5, 0.6) is 0 Å². The molecule has 0 saturated heterocycles. The van der Waals surface area contributed by atoms with Gasteiger partial charge in [0.05, 0.1) is 0 Å². The summed E-state index contributed by atoms with van der Waals surface area (Å²) in [6.45, 7) is 4.33. The summed E-state index contributed by atoms with van der Waals surface area (Å²) in [4.78, 5) is 0.677. The summed E-state index contributed by atoms with van der Waals surface area (Å²) >= 11 is 1.30. The Morgan fingerprint density at radius 2 is 2.28 bits per heavy atom. The van der Waals surface area contributed by atoms with Crippen molar-refractivity contribution in [3.05, 3.63) is 11.8 Å². The average Bonchev–Trinajstić information content (AvgIpc) is 2.92. The molecule has 3 N–H and O–H groups in total. The lowest BCUT2D eigenvalue weighted by Crippen LogP contribution is -1.93. The molecule has 0 aliphatic rings. The van der Waals surface area contributed by atoms with Crippen molar-refractivity contribution < 1.29 is 0 Å². The number of hydrogen-bond acceptors (Lipinski definition) is 6. The van der Waals surface area contributed by atoms with Gasteiger partial charge in [-0.3, -0.25) is 5.10 Å². The molecule has 3 aromatic heterocycles. The van der Waals surface area contributed by atoms with E-state index < -0.39 is 0 Å². The Bertz CT molecular complexity index is 677. The monoisotopic (exact) mass is 263 g/mol. The van der Waals surface area contributed by atoms with Crippen molar-refractivity contribution in [2.75, 3.05) is 5.73 Å². The SMILES string of the molecule is CC(C)Cc1cc(-c2nnc3sc(N)nn23)n[nH]1. The molecule has 3 heterocycles. The smallest absolute Gasteiger partial charge is 0.236 e. The third kappa shape index (κ3) is 1.84. The molecule has 7 nitrogen and oxygen atoms in total. The van der Waals surface area contributed by atoms with Crippen LogP contribution in [0.2, 0.25) is 0 Å². The Kier molecular flexibility index (Phi) is 2.51. The lowest BCUT2D eigenvalue weighted by atomic mass is 10.1. The molecule has 0 spiro atoms. The molecule has 0 aliphatic heterocycles. The van der Waals surface area contributed by atoms with Crippen molar-refractivity contribution in [3.8, 4) is 11.5 Å². The first-order chi connectivity index (χ1) is 8.63. The predicted molar refractivity (Wildman–Crippen MR) is 69.2 cm³/mol. The highest BCUT2D eigenvalue weighted by atomic mass is 32.1. The second kappa shape index (κ2) is 4.05. The molecular formula is C10H13N7S. The van der Waals surface area contributed by atoms with Gasteiger partial charge in [0.2, 0.25) is 15.9 Å². The highest BCUT2D eigenvalue weighted by Crippen LogP contribution is 2.21. The molecule has 0 aliphatic carbocycles. The third-order valence-electron chi connectivity index (χ3n) is 2.49. The molecule has 94 valence electrons. The summed E-state index contributed by atoms with van der Waals surface area (Å²) in [7, 11) is 0. The number of aromatic amines is 1. The van der Waals surface area contributed by atoms with Crippen LogP contribution in [0.3, 0.4) is 0 Å². The second-order valence-corrected chi connectivity index (χ2v) is 5.52. The van der Waals surface area contributed by atoms with E-state index in [0.717, 1.165) is 17.8 Å². The van der Waals surface area contributed by atoms with E-state index in [1.807, 2.05) is 6.07 Å². The summed E-state index contributed by atoms with van der Waals surface area (Å²) in [5.41, 5.74) is 7.47. The largest absolute Gasteiger partial charge is 0.374 e. The molecule has 0 unspecified atom stereocenters. The second-order valence-electron chi connectivity index (χ2n) is 4.53. The van der Waals surface area contributed by atoms with Crippen LogP contribution in [0.1, 0.15) is 19.5 Å². The van der Waals surface area contributed by atoms with Gasteiger partial charge in [-0.15, -0.1) is 15.3 Å². The van der Waals surface area contributed by atoms with E-state index >= 15 is 0 Å². The van der Waals surface area contributed by atoms with Crippen LogP contribution in [-0.4, -0.2) is 30.0 Å². The average molecular weight is 263 g/mol. The third-order valence-corrected chi connectivity index (χ3v) is 3.22.